The molecule has 0 aliphatic carbocycles. The van der Waals surface area contributed by atoms with Crippen molar-refractivity contribution in [3.8, 4) is 0 Å². The number of rotatable bonds is 5. The Labute approximate surface area is 151 Å². The fourth-order valence-electron chi connectivity index (χ4n) is 2.66. The summed E-state index contributed by atoms with van der Waals surface area (Å²) in [5.74, 6) is -3.64. The van der Waals surface area contributed by atoms with Gasteiger partial charge in [0.05, 0.1) is 23.2 Å². The van der Waals surface area contributed by atoms with Gasteiger partial charge in [0.2, 0.25) is 0 Å². The lowest BCUT2D eigenvalue weighted by Crippen LogP contribution is -2.07. The Morgan fingerprint density at radius 1 is 1.23 bits per heavy atom. The number of thiazole rings is 1. The zero-order valence-electron chi connectivity index (χ0n) is 14.1. The van der Waals surface area contributed by atoms with Gasteiger partial charge in [-0.25, -0.2) is 18.2 Å². The van der Waals surface area contributed by atoms with Crippen molar-refractivity contribution in [2.75, 3.05) is 7.11 Å². The zero-order chi connectivity index (χ0) is 18.8. The molecule has 2 heterocycles. The number of aryl methyl sites for hydroxylation is 1. The number of nitrogens with zero attached hydrogens (tertiary/aromatic N) is 2. The SMILES string of the molecule is CCc1ncc(CC(=O)OC)cc1Cc1nc2c(F)c(F)cc(F)c2s1. The fourth-order valence-corrected chi connectivity index (χ4v) is 3.65. The van der Waals surface area contributed by atoms with E-state index in [0.717, 1.165) is 22.6 Å². The van der Waals surface area contributed by atoms with E-state index in [1.165, 1.54) is 7.11 Å². The maximum atomic E-state index is 13.9. The minimum absolute atomic E-state index is 0.0179. The summed E-state index contributed by atoms with van der Waals surface area (Å²) in [5.41, 5.74) is 1.96. The van der Waals surface area contributed by atoms with Crippen LogP contribution in [-0.2, 0) is 28.8 Å². The standard InChI is InChI=1S/C18H15F3N2O2S/c1-3-13-10(4-9(8-22-13)5-15(24)25-2)6-14-23-17-16(21)11(19)7-12(20)18(17)26-14/h4,7-8H,3,5-6H2,1-2H3. The highest BCUT2D eigenvalue weighted by atomic mass is 32.1. The average Bonchev–Trinajstić information content (AvgIpc) is 3.04. The number of carbonyl (C=O) groups is 1. The van der Waals surface area contributed by atoms with Gasteiger partial charge in [0, 0.05) is 24.4 Å². The Bertz CT molecular complexity index is 988. The average molecular weight is 380 g/mol. The molecule has 0 radical (unpaired) electrons. The lowest BCUT2D eigenvalue weighted by molar-refractivity contribution is -0.139. The molecule has 1 aromatic carbocycles. The van der Waals surface area contributed by atoms with E-state index in [1.54, 1.807) is 6.20 Å². The highest BCUT2D eigenvalue weighted by molar-refractivity contribution is 7.18. The Morgan fingerprint density at radius 3 is 2.69 bits per heavy atom. The number of aromatic nitrogens is 2. The Hall–Kier alpha value is -2.48. The van der Waals surface area contributed by atoms with Gasteiger partial charge in [0.25, 0.3) is 0 Å². The van der Waals surface area contributed by atoms with Gasteiger partial charge < -0.3 is 4.74 Å². The van der Waals surface area contributed by atoms with Gasteiger partial charge in [-0.05, 0) is 17.5 Å². The molecule has 0 spiro atoms. The molecular weight excluding hydrogens is 365 g/mol. The first kappa shape index (κ1) is 18.3. The second-order valence-electron chi connectivity index (χ2n) is 5.67. The molecule has 8 heteroatoms. The number of methoxy groups -OCH3 is 1. The van der Waals surface area contributed by atoms with Crippen molar-refractivity contribution in [1.29, 1.82) is 0 Å². The zero-order valence-corrected chi connectivity index (χ0v) is 14.9. The molecule has 0 aliphatic rings. The topological polar surface area (TPSA) is 52.1 Å². The summed E-state index contributed by atoms with van der Waals surface area (Å²) in [6.45, 7) is 1.93. The van der Waals surface area contributed by atoms with E-state index in [0.29, 0.717) is 23.1 Å². The van der Waals surface area contributed by atoms with E-state index in [4.69, 9.17) is 0 Å². The van der Waals surface area contributed by atoms with Crippen LogP contribution >= 0.6 is 11.3 Å². The van der Waals surface area contributed by atoms with Crippen LogP contribution in [0.3, 0.4) is 0 Å². The number of halogens is 3. The molecule has 0 N–H and O–H groups in total. The fraction of sp³-hybridized carbons (Fsp3) is 0.278. The van der Waals surface area contributed by atoms with E-state index in [2.05, 4.69) is 14.7 Å². The molecular formula is C18H15F3N2O2S. The van der Waals surface area contributed by atoms with Gasteiger partial charge in [0.15, 0.2) is 11.6 Å². The van der Waals surface area contributed by atoms with Crippen LogP contribution in [0, 0.1) is 17.5 Å². The predicted molar refractivity (Wildman–Crippen MR) is 91.6 cm³/mol. The summed E-state index contributed by atoms with van der Waals surface area (Å²) in [4.78, 5) is 19.9. The molecule has 0 aliphatic heterocycles. The quantitative estimate of drug-likeness (QED) is 0.496. The normalized spacial score (nSPS) is 11.1. The van der Waals surface area contributed by atoms with Crippen molar-refractivity contribution in [2.24, 2.45) is 0 Å². The molecule has 0 bridgehead atoms. The van der Waals surface area contributed by atoms with Gasteiger partial charge in [-0.1, -0.05) is 13.0 Å². The first-order chi connectivity index (χ1) is 12.4. The van der Waals surface area contributed by atoms with Crippen LogP contribution < -0.4 is 0 Å². The molecule has 2 aromatic heterocycles. The summed E-state index contributed by atoms with van der Waals surface area (Å²) in [6, 6.07) is 2.33. The van der Waals surface area contributed by atoms with E-state index in [-0.39, 0.29) is 29.0 Å². The monoisotopic (exact) mass is 380 g/mol. The van der Waals surface area contributed by atoms with Gasteiger partial charge >= 0.3 is 5.97 Å². The van der Waals surface area contributed by atoms with Crippen LogP contribution in [-0.4, -0.2) is 23.0 Å². The van der Waals surface area contributed by atoms with E-state index >= 15 is 0 Å². The summed E-state index contributed by atoms with van der Waals surface area (Å²) < 4.78 is 45.7. The van der Waals surface area contributed by atoms with Crippen LogP contribution in [0.2, 0.25) is 0 Å². The van der Waals surface area contributed by atoms with Gasteiger partial charge in [-0.3, -0.25) is 9.78 Å². The summed E-state index contributed by atoms with van der Waals surface area (Å²) in [7, 11) is 1.31. The molecule has 0 atom stereocenters. The van der Waals surface area contributed by atoms with Gasteiger partial charge in [-0.2, -0.15) is 0 Å². The van der Waals surface area contributed by atoms with Crippen LogP contribution in [0.4, 0.5) is 13.2 Å². The van der Waals surface area contributed by atoms with Crippen molar-refractivity contribution in [3.63, 3.8) is 0 Å². The minimum Gasteiger partial charge on any atom is -0.469 e. The van der Waals surface area contributed by atoms with Crippen LogP contribution in [0.1, 0.15) is 28.8 Å². The van der Waals surface area contributed by atoms with E-state index in [1.807, 2.05) is 13.0 Å². The number of fused-ring (bicyclic) bond motifs is 1. The molecule has 0 unspecified atom stereocenters. The molecule has 0 amide bonds. The van der Waals surface area contributed by atoms with Gasteiger partial charge in [0.1, 0.15) is 11.3 Å². The lowest BCUT2D eigenvalue weighted by atomic mass is 10.0. The maximum Gasteiger partial charge on any atom is 0.310 e. The molecule has 136 valence electrons. The first-order valence-electron chi connectivity index (χ1n) is 7.89. The minimum atomic E-state index is -1.26. The van der Waals surface area contributed by atoms with Crippen molar-refractivity contribution in [3.05, 3.63) is 57.6 Å². The van der Waals surface area contributed by atoms with Crippen molar-refractivity contribution in [2.45, 2.75) is 26.2 Å². The molecule has 3 rings (SSSR count). The number of carbonyl (C=O) groups excluding carboxylic acids is 1. The molecule has 0 saturated carbocycles. The van der Waals surface area contributed by atoms with Crippen LogP contribution in [0.5, 0.6) is 0 Å². The molecule has 26 heavy (non-hydrogen) atoms. The Kier molecular flexibility index (Phi) is 5.22. The number of pyridine rings is 1. The maximum absolute atomic E-state index is 13.9. The summed E-state index contributed by atoms with van der Waals surface area (Å²) >= 11 is 0.973. The number of hydrogen-bond acceptors (Lipinski definition) is 5. The third kappa shape index (κ3) is 3.55. The third-order valence-corrected chi connectivity index (χ3v) is 4.99. The van der Waals surface area contributed by atoms with Crippen molar-refractivity contribution < 1.29 is 22.7 Å². The molecule has 0 saturated heterocycles. The highest BCUT2D eigenvalue weighted by Gasteiger charge is 2.18. The second kappa shape index (κ2) is 7.41. The van der Waals surface area contributed by atoms with E-state index < -0.39 is 17.5 Å². The largest absolute Gasteiger partial charge is 0.469 e. The van der Waals surface area contributed by atoms with Gasteiger partial charge in [-0.15, -0.1) is 11.3 Å². The number of esters is 1. The third-order valence-electron chi connectivity index (χ3n) is 3.93. The predicted octanol–water partition coefficient (Wildman–Crippen LogP) is 3.98. The highest BCUT2D eigenvalue weighted by Crippen LogP contribution is 2.30. The molecule has 4 nitrogen and oxygen atoms in total. The van der Waals surface area contributed by atoms with Crippen molar-refractivity contribution in [1.82, 2.24) is 9.97 Å². The number of hydrogen-bond donors (Lipinski definition) is 0. The van der Waals surface area contributed by atoms with Crippen LogP contribution in [0.25, 0.3) is 10.2 Å². The van der Waals surface area contributed by atoms with Crippen molar-refractivity contribution >= 4 is 27.5 Å². The van der Waals surface area contributed by atoms with Crippen LogP contribution in [0.15, 0.2) is 18.3 Å². The first-order valence-corrected chi connectivity index (χ1v) is 8.71. The lowest BCUT2D eigenvalue weighted by Gasteiger charge is -2.08. The summed E-state index contributed by atoms with van der Waals surface area (Å²) in [5, 5.41) is 0.440. The smallest absolute Gasteiger partial charge is 0.310 e. The molecule has 0 fully saturated rings. The summed E-state index contributed by atoms with van der Waals surface area (Å²) in [6.07, 6.45) is 2.61. The number of ether oxygens (including phenoxy) is 1. The molecule has 3 aromatic rings. The van der Waals surface area contributed by atoms with E-state index in [9.17, 15) is 18.0 Å². The number of benzene rings is 1. The second-order valence-corrected chi connectivity index (χ2v) is 6.76. The Morgan fingerprint density at radius 2 is 2.00 bits per heavy atom. The Balaban J connectivity index is 1.98.